The monoisotopic (exact) mass is 145 g/mol. The molecule has 0 aromatic rings. The van der Waals surface area contributed by atoms with Gasteiger partial charge in [-0.1, -0.05) is 6.58 Å². The number of hydrogen-bond donors (Lipinski definition) is 1. The molecule has 4 heteroatoms. The lowest BCUT2D eigenvalue weighted by Crippen LogP contribution is -2.20. The van der Waals surface area contributed by atoms with Gasteiger partial charge in [-0.25, -0.2) is 9.90 Å². The molecule has 0 saturated heterocycles. The number of rotatable bonds is 3. The van der Waals surface area contributed by atoms with Gasteiger partial charge in [0.05, 0.1) is 0 Å². The molecular weight excluding hydrogens is 136 g/mol. The van der Waals surface area contributed by atoms with E-state index in [0.717, 1.165) is 0 Å². The highest BCUT2D eigenvalue weighted by Crippen LogP contribution is 1.94. The van der Waals surface area contributed by atoms with Crippen LogP contribution in [-0.2, 0) is 14.6 Å². The van der Waals surface area contributed by atoms with Crippen LogP contribution in [0.25, 0.3) is 0 Å². The minimum absolute atomic E-state index is 0.160. The van der Waals surface area contributed by atoms with Crippen LogP contribution in [-0.4, -0.2) is 24.0 Å². The van der Waals surface area contributed by atoms with Gasteiger partial charge in [0.25, 0.3) is 0 Å². The van der Waals surface area contributed by atoms with E-state index >= 15 is 0 Å². The Labute approximate surface area is 58.7 Å². The third-order valence-corrected chi connectivity index (χ3v) is 0.734. The lowest BCUT2D eigenvalue weighted by Gasteiger charge is -2.06. The van der Waals surface area contributed by atoms with Crippen LogP contribution in [0.5, 0.6) is 0 Å². The summed E-state index contributed by atoms with van der Waals surface area (Å²) < 4.78 is 4.17. The van der Waals surface area contributed by atoms with Gasteiger partial charge in [-0.15, -0.1) is 0 Å². The third kappa shape index (κ3) is 3.21. The molecule has 0 spiro atoms. The van der Waals surface area contributed by atoms with E-state index in [2.05, 4.69) is 11.3 Å². The SMILES string of the molecule is C=C(C)C(=O)OC(O)C[O]. The van der Waals surface area contributed by atoms with Gasteiger partial charge in [0, 0.05) is 5.57 Å². The second-order valence-corrected chi connectivity index (χ2v) is 1.81. The molecule has 57 valence electrons. The zero-order chi connectivity index (χ0) is 8.15. The largest absolute Gasteiger partial charge is 0.430 e. The quantitative estimate of drug-likeness (QED) is 0.341. The van der Waals surface area contributed by atoms with Crippen molar-refractivity contribution in [2.24, 2.45) is 0 Å². The van der Waals surface area contributed by atoms with Crippen molar-refractivity contribution in [1.82, 2.24) is 0 Å². The number of ether oxygens (including phenoxy) is 1. The Morgan fingerprint density at radius 3 is 2.60 bits per heavy atom. The van der Waals surface area contributed by atoms with Crippen molar-refractivity contribution < 1.29 is 19.7 Å². The molecule has 10 heavy (non-hydrogen) atoms. The first-order valence-corrected chi connectivity index (χ1v) is 2.70. The van der Waals surface area contributed by atoms with Gasteiger partial charge in [0.2, 0.25) is 6.29 Å². The molecule has 1 N–H and O–H groups in total. The smallest absolute Gasteiger partial charge is 0.335 e. The predicted molar refractivity (Wildman–Crippen MR) is 32.5 cm³/mol. The van der Waals surface area contributed by atoms with E-state index in [-0.39, 0.29) is 5.57 Å². The molecule has 4 nitrogen and oxygen atoms in total. The van der Waals surface area contributed by atoms with Crippen LogP contribution in [0, 0.1) is 0 Å². The minimum Gasteiger partial charge on any atom is -0.430 e. The van der Waals surface area contributed by atoms with E-state index in [9.17, 15) is 9.90 Å². The summed E-state index contributed by atoms with van der Waals surface area (Å²) in [4.78, 5) is 10.5. The van der Waals surface area contributed by atoms with E-state index in [1.165, 1.54) is 6.92 Å². The second-order valence-electron chi connectivity index (χ2n) is 1.81. The van der Waals surface area contributed by atoms with Gasteiger partial charge in [-0.3, -0.25) is 0 Å². The lowest BCUT2D eigenvalue weighted by molar-refractivity contribution is -0.172. The molecule has 0 bridgehead atoms. The molecular formula is C6H9O4. The van der Waals surface area contributed by atoms with Gasteiger partial charge in [0.1, 0.15) is 6.61 Å². The molecule has 1 atom stereocenters. The van der Waals surface area contributed by atoms with Gasteiger partial charge in [-0.05, 0) is 6.92 Å². The standard InChI is InChI=1S/C6H9O4/c1-4(2)6(9)10-5(8)3-7/h5,8H,1,3H2,2H3. The summed E-state index contributed by atoms with van der Waals surface area (Å²) in [6.45, 7) is 3.84. The van der Waals surface area contributed by atoms with Crippen LogP contribution >= 0.6 is 0 Å². The number of aliphatic hydroxyl groups excluding tert-OH is 1. The molecule has 0 aliphatic carbocycles. The fraction of sp³-hybridized carbons (Fsp3) is 0.500. The van der Waals surface area contributed by atoms with E-state index in [1.807, 2.05) is 0 Å². The average Bonchev–Trinajstić information content (AvgIpc) is 1.87. The first-order chi connectivity index (χ1) is 4.57. The molecule has 0 saturated carbocycles. The summed E-state index contributed by atoms with van der Waals surface area (Å²) in [7, 11) is 0. The highest BCUT2D eigenvalue weighted by Gasteiger charge is 2.09. The molecule has 0 fully saturated rings. The lowest BCUT2D eigenvalue weighted by atomic mass is 10.4. The number of carbonyl (C=O) groups is 1. The average molecular weight is 145 g/mol. The second kappa shape index (κ2) is 4.03. The highest BCUT2D eigenvalue weighted by molar-refractivity contribution is 5.86. The maximum absolute atomic E-state index is 10.5. The van der Waals surface area contributed by atoms with E-state index in [0.29, 0.717) is 0 Å². The van der Waals surface area contributed by atoms with Crippen LogP contribution < -0.4 is 0 Å². The predicted octanol–water partition coefficient (Wildman–Crippen LogP) is -0.145. The van der Waals surface area contributed by atoms with E-state index < -0.39 is 18.9 Å². The van der Waals surface area contributed by atoms with Crippen molar-refractivity contribution in [3.05, 3.63) is 12.2 Å². The first-order valence-electron chi connectivity index (χ1n) is 2.70. The Hall–Kier alpha value is -0.870. The Kier molecular flexibility index (Phi) is 3.68. The molecule has 0 aliphatic heterocycles. The van der Waals surface area contributed by atoms with Crippen molar-refractivity contribution in [3.8, 4) is 0 Å². The Morgan fingerprint density at radius 2 is 2.30 bits per heavy atom. The Bertz CT molecular complexity index is 141. The summed E-state index contributed by atoms with van der Waals surface area (Å²) in [6, 6.07) is 0. The normalized spacial score (nSPS) is 12.3. The topological polar surface area (TPSA) is 66.4 Å². The molecule has 1 unspecified atom stereocenters. The summed E-state index contributed by atoms with van der Waals surface area (Å²) in [6.07, 6.45) is -1.55. The van der Waals surface area contributed by atoms with Crippen molar-refractivity contribution >= 4 is 5.97 Å². The number of hydrogen-bond acceptors (Lipinski definition) is 3. The Morgan fingerprint density at radius 1 is 1.80 bits per heavy atom. The van der Waals surface area contributed by atoms with Crippen LogP contribution in [0.4, 0.5) is 0 Å². The minimum atomic E-state index is -1.55. The van der Waals surface area contributed by atoms with E-state index in [1.54, 1.807) is 0 Å². The zero-order valence-electron chi connectivity index (χ0n) is 5.66. The van der Waals surface area contributed by atoms with Crippen LogP contribution in [0.2, 0.25) is 0 Å². The van der Waals surface area contributed by atoms with Crippen molar-refractivity contribution in [2.45, 2.75) is 13.2 Å². The molecule has 1 radical (unpaired) electrons. The van der Waals surface area contributed by atoms with Gasteiger partial charge in [-0.2, -0.15) is 0 Å². The van der Waals surface area contributed by atoms with E-state index in [4.69, 9.17) is 5.11 Å². The molecule has 0 aromatic heterocycles. The molecule has 0 amide bonds. The van der Waals surface area contributed by atoms with Crippen molar-refractivity contribution in [1.29, 1.82) is 0 Å². The number of carbonyl (C=O) groups excluding carboxylic acids is 1. The van der Waals surface area contributed by atoms with Crippen molar-refractivity contribution in [3.63, 3.8) is 0 Å². The van der Waals surface area contributed by atoms with Gasteiger partial charge >= 0.3 is 5.97 Å². The van der Waals surface area contributed by atoms with Crippen LogP contribution in [0.15, 0.2) is 12.2 Å². The molecule has 0 heterocycles. The molecule has 0 aliphatic rings. The summed E-state index contributed by atoms with van der Waals surface area (Å²) >= 11 is 0. The third-order valence-electron chi connectivity index (χ3n) is 0.734. The number of aliphatic hydroxyl groups is 1. The fourth-order valence-electron chi connectivity index (χ4n) is 0.258. The number of esters is 1. The molecule has 0 aromatic carbocycles. The highest BCUT2D eigenvalue weighted by atomic mass is 16.6. The summed E-state index contributed by atoms with van der Waals surface area (Å²) in [5.74, 6) is -0.747. The Balaban J connectivity index is 3.68. The first kappa shape index (κ1) is 9.13. The summed E-state index contributed by atoms with van der Waals surface area (Å²) in [5.41, 5.74) is 0.160. The fourth-order valence-corrected chi connectivity index (χ4v) is 0.258. The molecule has 0 rings (SSSR count). The van der Waals surface area contributed by atoms with Crippen LogP contribution in [0.3, 0.4) is 0 Å². The maximum Gasteiger partial charge on any atom is 0.335 e. The van der Waals surface area contributed by atoms with Gasteiger partial charge in [0.15, 0.2) is 0 Å². The maximum atomic E-state index is 10.5. The van der Waals surface area contributed by atoms with Crippen molar-refractivity contribution in [2.75, 3.05) is 6.61 Å². The van der Waals surface area contributed by atoms with Gasteiger partial charge < -0.3 is 9.84 Å². The zero-order valence-corrected chi connectivity index (χ0v) is 5.66. The summed E-state index contributed by atoms with van der Waals surface area (Å²) in [5, 5.41) is 18.3. The van der Waals surface area contributed by atoms with Crippen LogP contribution in [0.1, 0.15) is 6.92 Å².